The van der Waals surface area contributed by atoms with Crippen LogP contribution >= 0.6 is 34.5 Å². The summed E-state index contributed by atoms with van der Waals surface area (Å²) in [6, 6.07) is 8.62. The van der Waals surface area contributed by atoms with E-state index < -0.39 is 5.91 Å². The first-order valence-corrected chi connectivity index (χ1v) is 9.97. The summed E-state index contributed by atoms with van der Waals surface area (Å²) >= 11 is 13.5. The van der Waals surface area contributed by atoms with Gasteiger partial charge >= 0.3 is 0 Å². The van der Waals surface area contributed by atoms with E-state index >= 15 is 0 Å². The molecule has 0 atom stereocenters. The van der Waals surface area contributed by atoms with E-state index in [1.54, 1.807) is 25.1 Å². The van der Waals surface area contributed by atoms with Gasteiger partial charge in [-0.1, -0.05) is 40.5 Å². The van der Waals surface area contributed by atoms with E-state index in [2.05, 4.69) is 35.8 Å². The van der Waals surface area contributed by atoms with Crippen LogP contribution in [0.25, 0.3) is 16.4 Å². The predicted octanol–water partition coefficient (Wildman–Crippen LogP) is 3.42. The molecule has 0 aliphatic heterocycles. The molecule has 0 saturated carbocycles. The Balaban J connectivity index is 1.68. The van der Waals surface area contributed by atoms with Crippen LogP contribution in [0.5, 0.6) is 0 Å². The van der Waals surface area contributed by atoms with E-state index in [1.165, 1.54) is 16.0 Å². The predicted molar refractivity (Wildman–Crippen MR) is 113 cm³/mol. The van der Waals surface area contributed by atoms with Gasteiger partial charge in [-0.3, -0.25) is 4.79 Å². The molecule has 0 aliphatic rings. The molecule has 0 unspecified atom stereocenters. The lowest BCUT2D eigenvalue weighted by atomic mass is 10.1. The minimum absolute atomic E-state index is 0.0101. The number of rotatable bonds is 5. The summed E-state index contributed by atoms with van der Waals surface area (Å²) < 4.78 is 5.93. The highest BCUT2D eigenvalue weighted by atomic mass is 35.5. The Hall–Kier alpha value is -3.28. The van der Waals surface area contributed by atoms with Crippen LogP contribution < -0.4 is 11.2 Å². The maximum absolute atomic E-state index is 12.8. The topological polar surface area (TPSA) is 137 Å². The second-order valence-electron chi connectivity index (χ2n) is 5.91. The summed E-state index contributed by atoms with van der Waals surface area (Å²) in [6.45, 7) is 1.70. The van der Waals surface area contributed by atoms with Crippen molar-refractivity contribution in [2.75, 3.05) is 5.73 Å². The van der Waals surface area contributed by atoms with Gasteiger partial charge in [-0.25, -0.2) is 10.1 Å². The minimum atomic E-state index is -0.580. The number of carbonyl (C=O) groups is 1. The van der Waals surface area contributed by atoms with Gasteiger partial charge in [-0.2, -0.15) is 9.78 Å². The standard InChI is InChI=1S/C17H12Cl2N8O2S/c1-8(10-5-4-9(18)7-11(10)19)21-23-17(28)13-14(12-3-2-6-30-12)27(26-22-13)16-15(20)24-29-25-16/h2-7H,1H3,(H2,20,24)(H,23,28)/b21-8-. The van der Waals surface area contributed by atoms with Crippen molar-refractivity contribution >= 4 is 52.0 Å². The fourth-order valence-corrected chi connectivity index (χ4v) is 3.89. The molecule has 0 saturated heterocycles. The van der Waals surface area contributed by atoms with Gasteiger partial charge in [0.1, 0.15) is 5.69 Å². The molecular weight excluding hydrogens is 451 g/mol. The zero-order valence-electron chi connectivity index (χ0n) is 15.2. The molecule has 152 valence electrons. The van der Waals surface area contributed by atoms with E-state index in [0.29, 0.717) is 31.9 Å². The number of anilines is 1. The lowest BCUT2D eigenvalue weighted by molar-refractivity contribution is 0.0950. The molecule has 1 aromatic carbocycles. The number of nitrogens with two attached hydrogens (primary N) is 1. The third kappa shape index (κ3) is 3.77. The first kappa shape index (κ1) is 20.0. The Morgan fingerprint density at radius 2 is 2.13 bits per heavy atom. The van der Waals surface area contributed by atoms with Gasteiger partial charge < -0.3 is 5.73 Å². The fraction of sp³-hybridized carbons (Fsp3) is 0.0588. The maximum Gasteiger partial charge on any atom is 0.294 e. The third-order valence-electron chi connectivity index (χ3n) is 3.98. The van der Waals surface area contributed by atoms with Gasteiger partial charge in [0.25, 0.3) is 5.91 Å². The Kier molecular flexibility index (Phi) is 5.48. The number of carbonyl (C=O) groups excluding carboxylic acids is 1. The largest absolute Gasteiger partial charge is 0.378 e. The zero-order chi connectivity index (χ0) is 21.3. The van der Waals surface area contributed by atoms with Crippen molar-refractivity contribution in [1.82, 2.24) is 30.7 Å². The van der Waals surface area contributed by atoms with Crippen molar-refractivity contribution in [1.29, 1.82) is 0 Å². The van der Waals surface area contributed by atoms with Crippen molar-refractivity contribution in [3.8, 4) is 16.4 Å². The fourth-order valence-electron chi connectivity index (χ4n) is 2.59. The SMILES string of the molecule is C/C(=N/NC(=O)c1nnn(-c2nonc2N)c1-c1cccs1)c1ccc(Cl)cc1Cl. The van der Waals surface area contributed by atoms with E-state index in [1.807, 2.05) is 17.5 Å². The molecule has 3 N–H and O–H groups in total. The van der Waals surface area contributed by atoms with Crippen LogP contribution in [0.1, 0.15) is 23.0 Å². The van der Waals surface area contributed by atoms with Crippen LogP contribution in [0.3, 0.4) is 0 Å². The molecule has 0 aliphatic carbocycles. The normalized spacial score (nSPS) is 11.6. The van der Waals surface area contributed by atoms with Gasteiger partial charge in [0.05, 0.1) is 15.6 Å². The number of amides is 1. The number of nitrogens with one attached hydrogen (secondary N) is 1. The molecular formula is C17H12Cl2N8O2S. The molecule has 0 bridgehead atoms. The lowest BCUT2D eigenvalue weighted by Gasteiger charge is -2.06. The number of nitrogen functional groups attached to an aromatic ring is 1. The van der Waals surface area contributed by atoms with Crippen LogP contribution in [0.15, 0.2) is 45.4 Å². The molecule has 3 heterocycles. The van der Waals surface area contributed by atoms with Crippen LogP contribution in [0.2, 0.25) is 10.0 Å². The van der Waals surface area contributed by atoms with Gasteiger partial charge in [0.2, 0.25) is 11.6 Å². The first-order valence-electron chi connectivity index (χ1n) is 8.33. The van der Waals surface area contributed by atoms with E-state index in [0.717, 1.165) is 0 Å². The second-order valence-corrected chi connectivity index (χ2v) is 7.70. The Labute approximate surface area is 183 Å². The second kappa shape index (κ2) is 8.22. The lowest BCUT2D eigenvalue weighted by Crippen LogP contribution is -2.21. The highest BCUT2D eigenvalue weighted by molar-refractivity contribution is 7.13. The molecule has 0 radical (unpaired) electrons. The molecule has 0 spiro atoms. The molecule has 30 heavy (non-hydrogen) atoms. The number of hydrazone groups is 1. The maximum atomic E-state index is 12.8. The molecule has 4 aromatic rings. The number of halogens is 2. The Bertz CT molecular complexity index is 1250. The van der Waals surface area contributed by atoms with Crippen LogP contribution in [0.4, 0.5) is 5.82 Å². The number of thiophene rings is 1. The molecule has 13 heteroatoms. The minimum Gasteiger partial charge on any atom is -0.378 e. The Morgan fingerprint density at radius 3 is 2.80 bits per heavy atom. The molecule has 3 aromatic heterocycles. The van der Waals surface area contributed by atoms with Crippen molar-refractivity contribution in [3.63, 3.8) is 0 Å². The van der Waals surface area contributed by atoms with Gasteiger partial charge in [0.15, 0.2) is 5.69 Å². The quantitative estimate of drug-likeness (QED) is 0.342. The molecule has 0 fully saturated rings. The highest BCUT2D eigenvalue weighted by Gasteiger charge is 2.25. The number of aromatic nitrogens is 5. The summed E-state index contributed by atoms with van der Waals surface area (Å²) in [6.07, 6.45) is 0. The van der Waals surface area contributed by atoms with E-state index in [-0.39, 0.29) is 17.3 Å². The summed E-state index contributed by atoms with van der Waals surface area (Å²) in [5.74, 6) is -0.447. The molecule has 10 nitrogen and oxygen atoms in total. The van der Waals surface area contributed by atoms with E-state index in [4.69, 9.17) is 28.9 Å². The van der Waals surface area contributed by atoms with Crippen molar-refractivity contribution < 1.29 is 9.42 Å². The van der Waals surface area contributed by atoms with Crippen LogP contribution in [-0.4, -0.2) is 36.9 Å². The summed E-state index contributed by atoms with van der Waals surface area (Å²) in [5.41, 5.74) is 9.76. The van der Waals surface area contributed by atoms with Gasteiger partial charge in [-0.05, 0) is 40.8 Å². The monoisotopic (exact) mass is 462 g/mol. The average molecular weight is 463 g/mol. The average Bonchev–Trinajstić information content (AvgIpc) is 3.45. The smallest absolute Gasteiger partial charge is 0.294 e. The zero-order valence-corrected chi connectivity index (χ0v) is 17.5. The number of hydrogen-bond acceptors (Lipinski definition) is 9. The summed E-state index contributed by atoms with van der Waals surface area (Å²) in [5, 5.41) is 22.1. The number of hydrogen-bond donors (Lipinski definition) is 2. The Morgan fingerprint density at radius 1 is 1.30 bits per heavy atom. The molecule has 4 rings (SSSR count). The van der Waals surface area contributed by atoms with Crippen molar-refractivity contribution in [2.45, 2.75) is 6.92 Å². The summed E-state index contributed by atoms with van der Waals surface area (Å²) in [7, 11) is 0. The molecule has 1 amide bonds. The summed E-state index contributed by atoms with van der Waals surface area (Å²) in [4.78, 5) is 13.5. The highest BCUT2D eigenvalue weighted by Crippen LogP contribution is 2.30. The van der Waals surface area contributed by atoms with Crippen molar-refractivity contribution in [3.05, 3.63) is 57.0 Å². The number of nitrogens with zero attached hydrogens (tertiary/aromatic N) is 6. The first-order chi connectivity index (χ1) is 14.5. The van der Waals surface area contributed by atoms with Crippen LogP contribution in [0, 0.1) is 0 Å². The van der Waals surface area contributed by atoms with E-state index in [9.17, 15) is 4.79 Å². The van der Waals surface area contributed by atoms with Crippen LogP contribution in [-0.2, 0) is 0 Å². The van der Waals surface area contributed by atoms with Gasteiger partial charge in [0, 0.05) is 10.6 Å². The third-order valence-corrected chi connectivity index (χ3v) is 5.41. The van der Waals surface area contributed by atoms with Crippen molar-refractivity contribution in [2.24, 2.45) is 5.10 Å². The van der Waals surface area contributed by atoms with Gasteiger partial charge in [-0.15, -0.1) is 16.4 Å². The number of benzene rings is 1.